The fraction of sp³-hybridized carbons (Fsp3) is 0.450. The fourth-order valence-electron chi connectivity index (χ4n) is 2.82. The molecule has 0 aliphatic heterocycles. The largest absolute Gasteiger partial charge is 0.381 e. The van der Waals surface area contributed by atoms with Crippen LogP contribution in [0.15, 0.2) is 30.3 Å². The van der Waals surface area contributed by atoms with Crippen LogP contribution in [0.5, 0.6) is 0 Å². The van der Waals surface area contributed by atoms with Crippen LogP contribution in [0, 0.1) is 19.7 Å². The lowest BCUT2D eigenvalue weighted by Crippen LogP contribution is -2.25. The third kappa shape index (κ3) is 4.92. The van der Waals surface area contributed by atoms with Crippen LogP contribution in [0.1, 0.15) is 47.9 Å². The van der Waals surface area contributed by atoms with Gasteiger partial charge in [-0.25, -0.2) is 4.39 Å². The summed E-state index contributed by atoms with van der Waals surface area (Å²) in [5.74, 6) is -0.440. The predicted molar refractivity (Wildman–Crippen MR) is 97.9 cm³/mol. The van der Waals surface area contributed by atoms with E-state index in [4.69, 9.17) is 4.74 Å². The van der Waals surface area contributed by atoms with Crippen molar-refractivity contribution >= 4 is 5.91 Å². The average molecular weight is 346 g/mol. The number of amides is 1. The van der Waals surface area contributed by atoms with Crippen molar-refractivity contribution < 1.29 is 13.9 Å². The lowest BCUT2D eigenvalue weighted by atomic mass is 10.2. The minimum atomic E-state index is -0.305. The van der Waals surface area contributed by atoms with E-state index in [0.29, 0.717) is 24.4 Å². The first kappa shape index (κ1) is 19.2. The molecular formula is C20H27FN2O2. The molecule has 0 unspecified atom stereocenters. The van der Waals surface area contributed by atoms with Gasteiger partial charge in [-0.1, -0.05) is 25.5 Å². The van der Waals surface area contributed by atoms with E-state index in [-0.39, 0.29) is 11.7 Å². The first-order chi connectivity index (χ1) is 12.1. The number of para-hydroxylation sites is 1. The molecule has 0 atom stereocenters. The number of unbranched alkanes of at least 4 members (excludes halogenated alkanes) is 1. The van der Waals surface area contributed by atoms with Crippen LogP contribution in [-0.4, -0.2) is 30.2 Å². The molecule has 1 heterocycles. The standard InChI is InChI=1S/C20H27FN2O2/c1-4-5-12-25-13-8-11-22-20(24)17-14-15(2)23(16(17)3)19-10-7-6-9-18(19)21/h6-7,9-10,14H,4-5,8,11-13H2,1-3H3,(H,22,24). The number of halogens is 1. The number of benzene rings is 1. The number of hydrogen-bond acceptors (Lipinski definition) is 2. The summed E-state index contributed by atoms with van der Waals surface area (Å²) in [4.78, 5) is 12.4. The number of carbonyl (C=O) groups excluding carboxylic acids is 1. The van der Waals surface area contributed by atoms with Crippen molar-refractivity contribution in [3.8, 4) is 5.69 Å². The Morgan fingerprint density at radius 2 is 1.92 bits per heavy atom. The zero-order valence-corrected chi connectivity index (χ0v) is 15.3. The predicted octanol–water partition coefficient (Wildman–Crippen LogP) is 4.17. The molecule has 1 aromatic carbocycles. The second-order valence-corrected chi connectivity index (χ2v) is 6.15. The van der Waals surface area contributed by atoms with Crippen molar-refractivity contribution in [1.82, 2.24) is 9.88 Å². The molecule has 0 fully saturated rings. The number of nitrogens with one attached hydrogen (secondary N) is 1. The Kier molecular flexibility index (Phi) is 7.19. The molecule has 0 spiro atoms. The highest BCUT2D eigenvalue weighted by atomic mass is 19.1. The lowest BCUT2D eigenvalue weighted by Gasteiger charge is -2.11. The number of carbonyl (C=O) groups is 1. The Morgan fingerprint density at radius 1 is 1.20 bits per heavy atom. The van der Waals surface area contributed by atoms with Crippen LogP contribution in [0.25, 0.3) is 5.69 Å². The third-order valence-corrected chi connectivity index (χ3v) is 4.16. The molecule has 2 aromatic rings. The second kappa shape index (κ2) is 9.37. The van der Waals surface area contributed by atoms with E-state index >= 15 is 0 Å². The first-order valence-electron chi connectivity index (χ1n) is 8.86. The topological polar surface area (TPSA) is 43.3 Å². The van der Waals surface area contributed by atoms with Crippen molar-refractivity contribution in [1.29, 1.82) is 0 Å². The van der Waals surface area contributed by atoms with Crippen LogP contribution < -0.4 is 5.32 Å². The number of nitrogens with zero attached hydrogens (tertiary/aromatic N) is 1. The van der Waals surface area contributed by atoms with E-state index in [1.165, 1.54) is 6.07 Å². The van der Waals surface area contributed by atoms with Crippen LogP contribution in [0.3, 0.4) is 0 Å². The van der Waals surface area contributed by atoms with Crippen molar-refractivity contribution in [3.63, 3.8) is 0 Å². The molecule has 0 radical (unpaired) electrons. The van der Waals surface area contributed by atoms with E-state index in [0.717, 1.165) is 37.3 Å². The van der Waals surface area contributed by atoms with Gasteiger partial charge in [0.05, 0.1) is 11.3 Å². The van der Waals surface area contributed by atoms with Gasteiger partial charge >= 0.3 is 0 Å². The monoisotopic (exact) mass is 346 g/mol. The number of rotatable bonds is 9. The summed E-state index contributed by atoms with van der Waals surface area (Å²) in [5, 5.41) is 2.91. The average Bonchev–Trinajstić information content (AvgIpc) is 2.89. The van der Waals surface area contributed by atoms with E-state index in [9.17, 15) is 9.18 Å². The highest BCUT2D eigenvalue weighted by molar-refractivity contribution is 5.95. The zero-order chi connectivity index (χ0) is 18.2. The van der Waals surface area contributed by atoms with Crippen molar-refractivity contribution in [3.05, 3.63) is 53.1 Å². The maximum atomic E-state index is 14.1. The van der Waals surface area contributed by atoms with Gasteiger partial charge in [-0.05, 0) is 44.9 Å². The fourth-order valence-corrected chi connectivity index (χ4v) is 2.82. The first-order valence-corrected chi connectivity index (χ1v) is 8.86. The molecule has 25 heavy (non-hydrogen) atoms. The Hall–Kier alpha value is -2.14. The molecule has 0 aliphatic rings. The SMILES string of the molecule is CCCCOCCCNC(=O)c1cc(C)n(-c2ccccc2F)c1C. The molecular weight excluding hydrogens is 319 g/mol. The maximum Gasteiger partial charge on any atom is 0.253 e. The summed E-state index contributed by atoms with van der Waals surface area (Å²) in [5.41, 5.74) is 2.60. The van der Waals surface area contributed by atoms with E-state index < -0.39 is 0 Å². The Balaban J connectivity index is 1.98. The maximum absolute atomic E-state index is 14.1. The molecule has 136 valence electrons. The molecule has 5 heteroatoms. The highest BCUT2D eigenvalue weighted by Crippen LogP contribution is 2.22. The zero-order valence-electron chi connectivity index (χ0n) is 15.3. The van der Waals surface area contributed by atoms with Gasteiger partial charge in [0.25, 0.3) is 5.91 Å². The number of aryl methyl sites for hydroxylation is 1. The summed E-state index contributed by atoms with van der Waals surface area (Å²) in [6, 6.07) is 8.38. The van der Waals surface area contributed by atoms with E-state index in [1.807, 2.05) is 13.8 Å². The van der Waals surface area contributed by atoms with Gasteiger partial charge in [0.2, 0.25) is 0 Å². The Morgan fingerprint density at radius 3 is 2.64 bits per heavy atom. The van der Waals surface area contributed by atoms with Crippen molar-refractivity contribution in [2.45, 2.75) is 40.0 Å². The smallest absolute Gasteiger partial charge is 0.253 e. The molecule has 0 aliphatic carbocycles. The third-order valence-electron chi connectivity index (χ3n) is 4.16. The highest BCUT2D eigenvalue weighted by Gasteiger charge is 2.17. The molecule has 0 saturated heterocycles. The molecule has 2 rings (SSSR count). The summed E-state index contributed by atoms with van der Waals surface area (Å²) < 4.78 is 21.3. The van der Waals surface area contributed by atoms with Gasteiger partial charge in [0, 0.05) is 31.1 Å². The van der Waals surface area contributed by atoms with Gasteiger partial charge in [-0.3, -0.25) is 4.79 Å². The Labute approximate surface area is 149 Å². The Bertz CT molecular complexity index is 710. The summed E-state index contributed by atoms with van der Waals surface area (Å²) in [6.07, 6.45) is 2.96. The summed E-state index contributed by atoms with van der Waals surface area (Å²) in [6.45, 7) is 7.82. The van der Waals surface area contributed by atoms with Gasteiger partial charge in [-0.2, -0.15) is 0 Å². The van der Waals surface area contributed by atoms with Crippen LogP contribution in [-0.2, 0) is 4.74 Å². The van der Waals surface area contributed by atoms with Gasteiger partial charge in [0.15, 0.2) is 0 Å². The van der Waals surface area contributed by atoms with Gasteiger partial charge in [0.1, 0.15) is 5.82 Å². The summed E-state index contributed by atoms with van der Waals surface area (Å²) in [7, 11) is 0. The molecule has 4 nitrogen and oxygen atoms in total. The minimum absolute atomic E-state index is 0.135. The lowest BCUT2D eigenvalue weighted by molar-refractivity contribution is 0.0940. The van der Waals surface area contributed by atoms with E-state index in [1.54, 1.807) is 28.8 Å². The van der Waals surface area contributed by atoms with Crippen LogP contribution in [0.4, 0.5) is 4.39 Å². The molecule has 1 amide bonds. The summed E-state index contributed by atoms with van der Waals surface area (Å²) >= 11 is 0. The van der Waals surface area contributed by atoms with Crippen molar-refractivity contribution in [2.75, 3.05) is 19.8 Å². The normalized spacial score (nSPS) is 10.9. The van der Waals surface area contributed by atoms with Gasteiger partial charge in [-0.15, -0.1) is 0 Å². The molecule has 0 saturated carbocycles. The molecule has 0 bridgehead atoms. The van der Waals surface area contributed by atoms with Crippen LogP contribution in [0.2, 0.25) is 0 Å². The molecule has 1 aromatic heterocycles. The molecule has 1 N–H and O–H groups in total. The minimum Gasteiger partial charge on any atom is -0.381 e. The quantitative estimate of drug-likeness (QED) is 0.693. The van der Waals surface area contributed by atoms with Gasteiger partial charge < -0.3 is 14.6 Å². The van der Waals surface area contributed by atoms with E-state index in [2.05, 4.69) is 12.2 Å². The number of hydrogen-bond donors (Lipinski definition) is 1. The van der Waals surface area contributed by atoms with Crippen molar-refractivity contribution in [2.24, 2.45) is 0 Å². The number of aromatic nitrogens is 1. The number of ether oxygens (including phenoxy) is 1. The van der Waals surface area contributed by atoms with Crippen LogP contribution >= 0.6 is 0 Å². The second-order valence-electron chi connectivity index (χ2n) is 6.15.